The topological polar surface area (TPSA) is 66.8 Å². The second-order valence-corrected chi connectivity index (χ2v) is 5.36. The number of rotatable bonds is 4. The normalized spacial score (nSPS) is 18.1. The molecule has 1 fully saturated rings. The summed E-state index contributed by atoms with van der Waals surface area (Å²) in [6, 6.07) is 4.59. The molecular formula is C15H17NO4. The molecule has 1 N–H and O–H groups in total. The van der Waals surface area contributed by atoms with E-state index in [9.17, 15) is 14.7 Å². The molecule has 1 atom stereocenters. The maximum atomic E-state index is 11.8. The number of amides is 1. The SMILES string of the molecule is CC(=O)N(C1CC1)C(C(=O)O)c1ccc2c(c1)CCO2. The van der Waals surface area contributed by atoms with E-state index in [-0.39, 0.29) is 11.9 Å². The molecule has 20 heavy (non-hydrogen) atoms. The number of aliphatic carboxylic acids is 1. The van der Waals surface area contributed by atoms with Crippen molar-refractivity contribution in [3.63, 3.8) is 0 Å². The number of benzene rings is 1. The lowest BCUT2D eigenvalue weighted by atomic mass is 10.0. The molecule has 0 aromatic heterocycles. The van der Waals surface area contributed by atoms with Gasteiger partial charge in [0.25, 0.3) is 0 Å². The first-order valence-electron chi connectivity index (χ1n) is 6.85. The number of ether oxygens (including phenoxy) is 1. The Balaban J connectivity index is 1.97. The molecule has 1 amide bonds. The quantitative estimate of drug-likeness (QED) is 0.909. The zero-order valence-corrected chi connectivity index (χ0v) is 11.3. The Labute approximate surface area is 117 Å². The van der Waals surface area contributed by atoms with E-state index < -0.39 is 12.0 Å². The molecule has 0 radical (unpaired) electrons. The van der Waals surface area contributed by atoms with Crippen LogP contribution in [0.2, 0.25) is 0 Å². The number of nitrogens with zero attached hydrogens (tertiary/aromatic N) is 1. The van der Waals surface area contributed by atoms with Crippen LogP contribution in [0.1, 0.15) is 36.9 Å². The number of carboxylic acid groups (broad SMARTS) is 1. The first-order valence-corrected chi connectivity index (χ1v) is 6.85. The van der Waals surface area contributed by atoms with E-state index in [1.165, 1.54) is 11.8 Å². The lowest BCUT2D eigenvalue weighted by molar-refractivity contribution is -0.150. The van der Waals surface area contributed by atoms with Crippen LogP contribution in [-0.4, -0.2) is 34.5 Å². The van der Waals surface area contributed by atoms with Crippen LogP contribution in [0, 0.1) is 0 Å². The number of hydrogen-bond donors (Lipinski definition) is 1. The van der Waals surface area contributed by atoms with Crippen LogP contribution >= 0.6 is 0 Å². The van der Waals surface area contributed by atoms with Gasteiger partial charge >= 0.3 is 5.97 Å². The van der Waals surface area contributed by atoms with Gasteiger partial charge in [-0.1, -0.05) is 6.07 Å². The second-order valence-electron chi connectivity index (χ2n) is 5.36. The smallest absolute Gasteiger partial charge is 0.331 e. The predicted octanol–water partition coefficient (Wildman–Crippen LogP) is 1.76. The molecule has 0 spiro atoms. The first-order chi connectivity index (χ1) is 9.58. The zero-order valence-electron chi connectivity index (χ0n) is 11.3. The van der Waals surface area contributed by atoms with E-state index >= 15 is 0 Å². The van der Waals surface area contributed by atoms with Crippen LogP contribution in [0.4, 0.5) is 0 Å². The van der Waals surface area contributed by atoms with Crippen LogP contribution in [0.5, 0.6) is 5.75 Å². The lowest BCUT2D eigenvalue weighted by Crippen LogP contribution is -2.39. The molecule has 1 aliphatic carbocycles. The molecule has 1 aromatic carbocycles. The van der Waals surface area contributed by atoms with E-state index in [1.54, 1.807) is 12.1 Å². The predicted molar refractivity (Wildman–Crippen MR) is 71.6 cm³/mol. The Morgan fingerprint density at radius 2 is 2.15 bits per heavy atom. The van der Waals surface area contributed by atoms with E-state index in [1.807, 2.05) is 6.07 Å². The van der Waals surface area contributed by atoms with E-state index in [0.29, 0.717) is 12.2 Å². The molecule has 1 aliphatic heterocycles. The summed E-state index contributed by atoms with van der Waals surface area (Å²) in [5.74, 6) is -0.346. The van der Waals surface area contributed by atoms with Gasteiger partial charge < -0.3 is 14.7 Å². The number of fused-ring (bicyclic) bond motifs is 1. The highest BCUT2D eigenvalue weighted by Gasteiger charge is 2.40. The largest absolute Gasteiger partial charge is 0.493 e. The molecule has 2 aliphatic rings. The maximum Gasteiger partial charge on any atom is 0.331 e. The van der Waals surface area contributed by atoms with Crippen LogP contribution in [0.15, 0.2) is 18.2 Å². The highest BCUT2D eigenvalue weighted by Crippen LogP contribution is 2.36. The van der Waals surface area contributed by atoms with Crippen molar-refractivity contribution < 1.29 is 19.4 Å². The summed E-state index contributed by atoms with van der Waals surface area (Å²) < 4.78 is 5.43. The summed E-state index contributed by atoms with van der Waals surface area (Å²) in [5, 5.41) is 9.55. The molecule has 1 aromatic rings. The molecule has 0 bridgehead atoms. The second kappa shape index (κ2) is 4.81. The Kier molecular flexibility index (Phi) is 3.12. The minimum absolute atomic E-state index is 0.0677. The van der Waals surface area contributed by atoms with Gasteiger partial charge in [0.05, 0.1) is 6.61 Å². The maximum absolute atomic E-state index is 11.8. The molecule has 1 heterocycles. The highest BCUT2D eigenvalue weighted by atomic mass is 16.5. The van der Waals surface area contributed by atoms with Gasteiger partial charge in [0.2, 0.25) is 5.91 Å². The summed E-state index contributed by atoms with van der Waals surface area (Å²) in [6.07, 6.45) is 2.56. The van der Waals surface area contributed by atoms with Crippen LogP contribution in [0.25, 0.3) is 0 Å². The summed E-state index contributed by atoms with van der Waals surface area (Å²) >= 11 is 0. The summed E-state index contributed by atoms with van der Waals surface area (Å²) in [6.45, 7) is 2.07. The fourth-order valence-corrected chi connectivity index (χ4v) is 2.80. The molecular weight excluding hydrogens is 258 g/mol. The molecule has 5 heteroatoms. The molecule has 106 valence electrons. The Morgan fingerprint density at radius 3 is 2.75 bits per heavy atom. The average molecular weight is 275 g/mol. The first kappa shape index (κ1) is 13.0. The van der Waals surface area contributed by atoms with Crippen molar-refractivity contribution in [3.05, 3.63) is 29.3 Å². The van der Waals surface area contributed by atoms with Gasteiger partial charge in [0.1, 0.15) is 5.75 Å². The minimum Gasteiger partial charge on any atom is -0.493 e. The number of carboxylic acids is 1. The van der Waals surface area contributed by atoms with Crippen molar-refractivity contribution in [2.24, 2.45) is 0 Å². The third kappa shape index (κ3) is 2.24. The van der Waals surface area contributed by atoms with Gasteiger partial charge in [-0.2, -0.15) is 0 Å². The average Bonchev–Trinajstić information content (AvgIpc) is 3.11. The third-order valence-electron chi connectivity index (χ3n) is 3.85. The van der Waals surface area contributed by atoms with Crippen LogP contribution in [-0.2, 0) is 16.0 Å². The summed E-state index contributed by atoms with van der Waals surface area (Å²) in [5.41, 5.74) is 1.68. The van der Waals surface area contributed by atoms with Crippen molar-refractivity contribution in [2.75, 3.05) is 6.61 Å². The Morgan fingerprint density at radius 1 is 1.40 bits per heavy atom. The molecule has 3 rings (SSSR count). The fraction of sp³-hybridized carbons (Fsp3) is 0.467. The molecule has 1 saturated carbocycles. The molecule has 5 nitrogen and oxygen atoms in total. The van der Waals surface area contributed by atoms with Gasteiger partial charge in [-0.05, 0) is 36.1 Å². The lowest BCUT2D eigenvalue weighted by Gasteiger charge is -2.28. The minimum atomic E-state index is -0.981. The highest BCUT2D eigenvalue weighted by molar-refractivity contribution is 5.84. The molecule has 0 saturated heterocycles. The van der Waals surface area contributed by atoms with Gasteiger partial charge in [-0.25, -0.2) is 4.79 Å². The summed E-state index contributed by atoms with van der Waals surface area (Å²) in [7, 11) is 0. The molecule has 1 unspecified atom stereocenters. The van der Waals surface area contributed by atoms with E-state index in [0.717, 1.165) is 30.6 Å². The van der Waals surface area contributed by atoms with Crippen LogP contribution < -0.4 is 4.74 Å². The van der Waals surface area contributed by atoms with Gasteiger partial charge in [0, 0.05) is 19.4 Å². The van der Waals surface area contributed by atoms with Gasteiger partial charge in [-0.3, -0.25) is 4.79 Å². The van der Waals surface area contributed by atoms with Crippen LogP contribution in [0.3, 0.4) is 0 Å². The Bertz CT molecular complexity index is 565. The van der Waals surface area contributed by atoms with Crippen molar-refractivity contribution in [1.29, 1.82) is 0 Å². The van der Waals surface area contributed by atoms with Crippen molar-refractivity contribution in [2.45, 2.75) is 38.3 Å². The van der Waals surface area contributed by atoms with E-state index in [4.69, 9.17) is 4.74 Å². The third-order valence-corrected chi connectivity index (χ3v) is 3.85. The zero-order chi connectivity index (χ0) is 14.3. The fourth-order valence-electron chi connectivity index (χ4n) is 2.80. The van der Waals surface area contributed by atoms with E-state index in [2.05, 4.69) is 0 Å². The monoisotopic (exact) mass is 275 g/mol. The number of carbonyl (C=O) groups is 2. The van der Waals surface area contributed by atoms with Gasteiger partial charge in [-0.15, -0.1) is 0 Å². The Hall–Kier alpha value is -2.04. The van der Waals surface area contributed by atoms with Crippen molar-refractivity contribution in [1.82, 2.24) is 4.90 Å². The van der Waals surface area contributed by atoms with Gasteiger partial charge in [0.15, 0.2) is 6.04 Å². The van der Waals surface area contributed by atoms with Crippen molar-refractivity contribution >= 4 is 11.9 Å². The number of carbonyl (C=O) groups excluding carboxylic acids is 1. The standard InChI is InChI=1S/C15H17NO4/c1-9(17)16(12-3-4-12)14(15(18)19)11-2-5-13-10(8-11)6-7-20-13/h2,5,8,12,14H,3-4,6-7H2,1H3,(H,18,19). The van der Waals surface area contributed by atoms with Crippen molar-refractivity contribution in [3.8, 4) is 5.75 Å². The number of hydrogen-bond acceptors (Lipinski definition) is 3. The summed E-state index contributed by atoms with van der Waals surface area (Å²) in [4.78, 5) is 25.0.